The van der Waals surface area contributed by atoms with E-state index < -0.39 is 17.9 Å². The zero-order valence-electron chi connectivity index (χ0n) is 19.4. The van der Waals surface area contributed by atoms with Crippen molar-refractivity contribution < 1.29 is 14.7 Å². The molecule has 5 rings (SSSR count). The number of carbonyl (C=O) groups is 2. The third kappa shape index (κ3) is 4.43. The highest BCUT2D eigenvalue weighted by molar-refractivity contribution is 6.30. The highest BCUT2D eigenvalue weighted by Crippen LogP contribution is 2.37. The van der Waals surface area contributed by atoms with Gasteiger partial charge in [0.1, 0.15) is 5.65 Å². The van der Waals surface area contributed by atoms with E-state index in [-0.39, 0.29) is 18.4 Å². The van der Waals surface area contributed by atoms with Gasteiger partial charge in [-0.3, -0.25) is 14.4 Å². The number of hydrogen-bond acceptors (Lipinski definition) is 4. The fourth-order valence-corrected chi connectivity index (χ4v) is 4.69. The normalized spacial score (nSPS) is 15.3. The maximum Gasteiger partial charge on any atom is 0.303 e. The van der Waals surface area contributed by atoms with Crippen LogP contribution >= 0.6 is 11.6 Å². The number of rotatable bonds is 6. The third-order valence-corrected chi connectivity index (χ3v) is 6.59. The van der Waals surface area contributed by atoms with Crippen LogP contribution in [-0.4, -0.2) is 37.7 Å². The van der Waals surface area contributed by atoms with E-state index in [1.54, 1.807) is 18.3 Å². The van der Waals surface area contributed by atoms with Crippen LogP contribution in [0.25, 0.3) is 22.2 Å². The van der Waals surface area contributed by atoms with Crippen LogP contribution in [0.1, 0.15) is 42.0 Å². The number of fused-ring (bicyclic) bond motifs is 1. The number of nitrogens with zero attached hydrogens (tertiary/aromatic N) is 2. The molecule has 0 saturated carbocycles. The number of benzene rings is 2. The number of H-pyrrole nitrogens is 2. The Hall–Kier alpha value is -4.17. The molecule has 0 bridgehead atoms. The summed E-state index contributed by atoms with van der Waals surface area (Å²) in [6.07, 6.45) is 1.57. The summed E-state index contributed by atoms with van der Waals surface area (Å²) in [5.74, 6) is -1.47. The predicted molar refractivity (Wildman–Crippen MR) is 138 cm³/mol. The van der Waals surface area contributed by atoms with Gasteiger partial charge in [0.25, 0.3) is 5.56 Å². The average molecular weight is 503 g/mol. The molecule has 1 atom stereocenters. The average Bonchev–Trinajstić information content (AvgIpc) is 3.50. The number of amides is 1. The van der Waals surface area contributed by atoms with Gasteiger partial charge in [0.2, 0.25) is 5.91 Å². The number of pyridine rings is 1. The lowest BCUT2D eigenvalue weighted by Gasteiger charge is -2.22. The first kappa shape index (κ1) is 23.6. The molecule has 3 heterocycles. The molecular formula is C27H23ClN4O4. The van der Waals surface area contributed by atoms with Gasteiger partial charge in [-0.25, -0.2) is 5.01 Å². The number of carbonyl (C=O) groups excluding carboxylic acids is 1. The zero-order valence-corrected chi connectivity index (χ0v) is 20.2. The van der Waals surface area contributed by atoms with Crippen LogP contribution in [0.4, 0.5) is 0 Å². The Kier molecular flexibility index (Phi) is 6.20. The molecule has 1 aliphatic rings. The number of aryl methyl sites for hydroxylation is 1. The molecule has 1 amide bonds. The minimum Gasteiger partial charge on any atom is -0.481 e. The lowest BCUT2D eigenvalue weighted by atomic mass is 9.92. The van der Waals surface area contributed by atoms with Crippen molar-refractivity contribution in [1.82, 2.24) is 15.0 Å². The smallest absolute Gasteiger partial charge is 0.303 e. The maximum absolute atomic E-state index is 13.4. The molecule has 0 saturated heterocycles. The quantitative estimate of drug-likeness (QED) is 0.342. The van der Waals surface area contributed by atoms with Gasteiger partial charge in [0.15, 0.2) is 0 Å². The van der Waals surface area contributed by atoms with E-state index >= 15 is 0 Å². The number of carboxylic acid groups (broad SMARTS) is 1. The Balaban J connectivity index is 1.66. The second-order valence-corrected chi connectivity index (χ2v) is 9.22. The second kappa shape index (κ2) is 9.47. The Bertz CT molecular complexity index is 1550. The molecule has 0 spiro atoms. The first-order chi connectivity index (χ1) is 17.3. The van der Waals surface area contributed by atoms with Crippen LogP contribution < -0.4 is 5.56 Å². The van der Waals surface area contributed by atoms with E-state index in [2.05, 4.69) is 15.1 Å². The summed E-state index contributed by atoms with van der Waals surface area (Å²) in [5, 5.41) is 16.4. The van der Waals surface area contributed by atoms with Gasteiger partial charge < -0.3 is 15.1 Å². The SMILES string of the molecule is Cc1ccc([C@@H]2CC(c3c(-c4ccc(Cl)cc4)c4cc[nH]c4[nH]c3=O)=NN2C(=O)CCC(=O)O)cc1. The predicted octanol–water partition coefficient (Wildman–Crippen LogP) is 5.03. The highest BCUT2D eigenvalue weighted by atomic mass is 35.5. The zero-order chi connectivity index (χ0) is 25.4. The van der Waals surface area contributed by atoms with Gasteiger partial charge in [-0.1, -0.05) is 53.6 Å². The molecular weight excluding hydrogens is 480 g/mol. The van der Waals surface area contributed by atoms with E-state index in [0.717, 1.165) is 22.1 Å². The van der Waals surface area contributed by atoms with Gasteiger partial charge in [-0.15, -0.1) is 0 Å². The van der Waals surface area contributed by atoms with Crippen molar-refractivity contribution in [3.63, 3.8) is 0 Å². The molecule has 3 N–H and O–H groups in total. The summed E-state index contributed by atoms with van der Waals surface area (Å²) >= 11 is 6.11. The molecule has 8 nitrogen and oxygen atoms in total. The van der Waals surface area contributed by atoms with Gasteiger partial charge in [0.05, 0.1) is 23.7 Å². The van der Waals surface area contributed by atoms with E-state index in [1.807, 2.05) is 49.4 Å². The molecule has 0 fully saturated rings. The number of aromatic nitrogens is 2. The fourth-order valence-electron chi connectivity index (χ4n) is 4.57. The Labute approximate surface area is 211 Å². The summed E-state index contributed by atoms with van der Waals surface area (Å²) in [6.45, 7) is 1.97. The van der Waals surface area contributed by atoms with Crippen LogP contribution in [-0.2, 0) is 9.59 Å². The molecule has 36 heavy (non-hydrogen) atoms. The first-order valence-electron chi connectivity index (χ1n) is 11.5. The molecule has 0 aliphatic carbocycles. The number of hydrazone groups is 1. The number of halogens is 1. The number of aromatic amines is 2. The molecule has 2 aromatic carbocycles. The largest absolute Gasteiger partial charge is 0.481 e. The molecule has 9 heteroatoms. The van der Waals surface area contributed by atoms with Crippen molar-refractivity contribution in [3.8, 4) is 11.1 Å². The summed E-state index contributed by atoms with van der Waals surface area (Å²) in [4.78, 5) is 43.5. The topological polar surface area (TPSA) is 119 Å². The van der Waals surface area contributed by atoms with Crippen LogP contribution in [0.15, 0.2) is 70.7 Å². The second-order valence-electron chi connectivity index (χ2n) is 8.79. The van der Waals surface area contributed by atoms with Crippen molar-refractivity contribution in [2.24, 2.45) is 5.10 Å². The Morgan fingerprint density at radius 2 is 1.78 bits per heavy atom. The van der Waals surface area contributed by atoms with Crippen molar-refractivity contribution >= 4 is 40.2 Å². The lowest BCUT2D eigenvalue weighted by molar-refractivity contribution is -0.141. The standard InChI is InChI=1S/C27H23ClN4O4/c1-15-2-4-16(5-3-15)21-14-20(31-32(21)22(33)10-11-23(34)35)25-24(17-6-8-18(28)9-7-17)19-12-13-29-26(19)30-27(25)36/h2-9,12-13,21H,10-11,14H2,1H3,(H,34,35)(H2,29,30,36)/t21-/m0/s1. The number of hydrogen-bond donors (Lipinski definition) is 3. The van der Waals surface area contributed by atoms with Gasteiger partial charge in [-0.05, 0) is 36.2 Å². The lowest BCUT2D eigenvalue weighted by Crippen LogP contribution is -2.27. The Morgan fingerprint density at radius 3 is 2.47 bits per heavy atom. The van der Waals surface area contributed by atoms with Gasteiger partial charge in [-0.2, -0.15) is 5.10 Å². The summed E-state index contributed by atoms with van der Waals surface area (Å²) < 4.78 is 0. The van der Waals surface area contributed by atoms with E-state index in [0.29, 0.717) is 33.9 Å². The summed E-state index contributed by atoms with van der Waals surface area (Å²) in [7, 11) is 0. The number of carboxylic acids is 1. The van der Waals surface area contributed by atoms with Crippen molar-refractivity contribution in [3.05, 3.63) is 92.9 Å². The van der Waals surface area contributed by atoms with Crippen molar-refractivity contribution in [2.45, 2.75) is 32.2 Å². The minimum atomic E-state index is -1.06. The van der Waals surface area contributed by atoms with Crippen LogP contribution in [0.2, 0.25) is 5.02 Å². The monoisotopic (exact) mass is 502 g/mol. The number of aliphatic carboxylic acids is 1. The van der Waals surface area contributed by atoms with E-state index in [4.69, 9.17) is 16.7 Å². The summed E-state index contributed by atoms with van der Waals surface area (Å²) in [5.41, 5.74) is 4.47. The molecule has 4 aromatic rings. The van der Waals surface area contributed by atoms with Crippen molar-refractivity contribution in [1.29, 1.82) is 0 Å². The minimum absolute atomic E-state index is 0.189. The van der Waals surface area contributed by atoms with Crippen molar-refractivity contribution in [2.75, 3.05) is 0 Å². The van der Waals surface area contributed by atoms with Crippen LogP contribution in [0.5, 0.6) is 0 Å². The number of nitrogens with one attached hydrogen (secondary N) is 2. The maximum atomic E-state index is 13.4. The first-order valence-corrected chi connectivity index (χ1v) is 11.9. The van der Waals surface area contributed by atoms with E-state index in [9.17, 15) is 14.4 Å². The molecule has 0 unspecified atom stereocenters. The highest BCUT2D eigenvalue weighted by Gasteiger charge is 2.35. The third-order valence-electron chi connectivity index (χ3n) is 6.33. The molecule has 182 valence electrons. The Morgan fingerprint density at radius 1 is 1.06 bits per heavy atom. The fraction of sp³-hybridized carbons (Fsp3) is 0.185. The molecule has 1 aliphatic heterocycles. The van der Waals surface area contributed by atoms with Gasteiger partial charge >= 0.3 is 5.97 Å². The molecule has 0 radical (unpaired) electrons. The van der Waals surface area contributed by atoms with Gasteiger partial charge in [0, 0.05) is 35.0 Å². The summed E-state index contributed by atoms with van der Waals surface area (Å²) in [6, 6.07) is 16.4. The van der Waals surface area contributed by atoms with E-state index in [1.165, 1.54) is 5.01 Å². The van der Waals surface area contributed by atoms with Crippen LogP contribution in [0.3, 0.4) is 0 Å². The molecule has 2 aromatic heterocycles. The van der Waals surface area contributed by atoms with Crippen LogP contribution in [0, 0.1) is 6.92 Å².